The average molecular weight is 200 g/mol. The van der Waals surface area contributed by atoms with Gasteiger partial charge in [0.15, 0.2) is 0 Å². The Morgan fingerprint density at radius 2 is 1.50 bits per heavy atom. The van der Waals surface area contributed by atoms with Gasteiger partial charge < -0.3 is 10.2 Å². The Labute approximate surface area is 85.1 Å². The van der Waals surface area contributed by atoms with Gasteiger partial charge in [-0.15, -0.1) is 0 Å². The van der Waals surface area contributed by atoms with Crippen LogP contribution >= 0.6 is 0 Å². The Bertz CT molecular complexity index is 218. The molecule has 0 saturated heterocycles. The first-order valence-electron chi connectivity index (χ1n) is 5.21. The summed E-state index contributed by atoms with van der Waals surface area (Å²) in [5, 5.41) is 13.9. The van der Waals surface area contributed by atoms with Crippen LogP contribution in [0.25, 0.3) is 0 Å². The largest absolute Gasteiger partial charge is 0.503 e. The molecule has 3 nitrogen and oxygen atoms in total. The summed E-state index contributed by atoms with van der Waals surface area (Å²) in [4.78, 5) is 8.56. The summed E-state index contributed by atoms with van der Waals surface area (Å²) >= 11 is 0. The lowest BCUT2D eigenvalue weighted by Crippen LogP contribution is -2.26. The molecule has 0 heterocycles. The van der Waals surface area contributed by atoms with Gasteiger partial charge in [-0.05, 0) is 42.4 Å². The zero-order chi connectivity index (χ0) is 11.0. The van der Waals surface area contributed by atoms with Crippen molar-refractivity contribution in [3.63, 3.8) is 0 Å². The molecule has 2 rings (SSSR count). The van der Waals surface area contributed by atoms with Gasteiger partial charge in [0.25, 0.3) is 0 Å². The van der Waals surface area contributed by atoms with E-state index in [4.69, 9.17) is 15.0 Å². The molecule has 2 N–H and O–H groups in total. The molecule has 2 aliphatic carbocycles. The van der Waals surface area contributed by atoms with Crippen LogP contribution in [0.5, 0.6) is 0 Å². The summed E-state index contributed by atoms with van der Waals surface area (Å²) in [5.74, 6) is 1.05. The van der Waals surface area contributed by atoms with E-state index in [1.807, 2.05) is 0 Å². The molecule has 82 valence electrons. The highest BCUT2D eigenvalue weighted by Gasteiger charge is 2.55. The van der Waals surface area contributed by atoms with Crippen molar-refractivity contribution in [3.05, 3.63) is 0 Å². The predicted octanol–water partition coefficient (Wildman–Crippen LogP) is 3.45. The summed E-state index contributed by atoms with van der Waals surface area (Å²) in [6.45, 7) is 7.43. The van der Waals surface area contributed by atoms with Crippen molar-refractivity contribution in [3.8, 4) is 0 Å². The molecule has 0 aromatic heterocycles. The number of hydrogen-bond donors (Lipinski definition) is 2. The van der Waals surface area contributed by atoms with Gasteiger partial charge in [0.1, 0.15) is 0 Å². The predicted molar refractivity (Wildman–Crippen MR) is 54.5 cm³/mol. The lowest BCUT2D eigenvalue weighted by atomic mass is 9.71. The number of hydrogen-bond acceptors (Lipinski definition) is 1. The van der Waals surface area contributed by atoms with E-state index in [1.54, 1.807) is 0 Å². The van der Waals surface area contributed by atoms with Gasteiger partial charge in [-0.25, -0.2) is 4.79 Å². The molecular weight excluding hydrogens is 180 g/mol. The fourth-order valence-corrected chi connectivity index (χ4v) is 3.11. The summed E-state index contributed by atoms with van der Waals surface area (Å²) < 4.78 is 0. The minimum Gasteiger partial charge on any atom is -0.450 e. The molecule has 0 aliphatic heterocycles. The second-order valence-corrected chi connectivity index (χ2v) is 5.34. The van der Waals surface area contributed by atoms with Crippen LogP contribution < -0.4 is 0 Å². The van der Waals surface area contributed by atoms with Crippen molar-refractivity contribution < 1.29 is 15.0 Å². The lowest BCUT2D eigenvalue weighted by Gasteiger charge is -2.34. The van der Waals surface area contributed by atoms with Gasteiger partial charge in [0.05, 0.1) is 0 Å². The molecule has 3 heteroatoms. The van der Waals surface area contributed by atoms with Crippen LogP contribution in [0.1, 0.15) is 46.5 Å². The van der Waals surface area contributed by atoms with Gasteiger partial charge in [0.2, 0.25) is 0 Å². The Balaban J connectivity index is 0.000000213. The molecular formula is C11H20O3. The first-order chi connectivity index (χ1) is 6.29. The average Bonchev–Trinajstić information content (AvgIpc) is 2.35. The zero-order valence-corrected chi connectivity index (χ0v) is 9.21. The van der Waals surface area contributed by atoms with Crippen molar-refractivity contribution in [2.75, 3.05) is 0 Å². The molecule has 2 fully saturated rings. The van der Waals surface area contributed by atoms with Crippen molar-refractivity contribution in [1.82, 2.24) is 0 Å². The van der Waals surface area contributed by atoms with Crippen LogP contribution in [-0.2, 0) is 0 Å². The van der Waals surface area contributed by atoms with Gasteiger partial charge in [-0.2, -0.15) is 0 Å². The molecule has 0 amide bonds. The molecule has 0 atom stereocenters. The number of fused-ring (bicyclic) bond motifs is 2. The van der Waals surface area contributed by atoms with E-state index in [0.29, 0.717) is 10.8 Å². The van der Waals surface area contributed by atoms with E-state index in [-0.39, 0.29) is 0 Å². The Morgan fingerprint density at radius 3 is 1.57 bits per heavy atom. The van der Waals surface area contributed by atoms with Gasteiger partial charge in [0, 0.05) is 0 Å². The minimum absolute atomic E-state index is 0.660. The quantitative estimate of drug-likeness (QED) is 0.629. The van der Waals surface area contributed by atoms with Crippen molar-refractivity contribution in [2.24, 2.45) is 16.7 Å². The maximum absolute atomic E-state index is 8.56. The molecule has 0 radical (unpaired) electrons. The maximum Gasteiger partial charge on any atom is 0.503 e. The van der Waals surface area contributed by atoms with Crippen LogP contribution in [0.4, 0.5) is 4.79 Å². The number of carbonyl (C=O) groups is 1. The maximum atomic E-state index is 8.56. The molecule has 2 bridgehead atoms. The SMILES string of the molecule is CC12CCC(CC1)C2(C)C.O=C(O)O. The second kappa shape index (κ2) is 3.44. The molecule has 0 unspecified atom stereocenters. The Hall–Kier alpha value is -0.730. The van der Waals surface area contributed by atoms with Gasteiger partial charge >= 0.3 is 6.16 Å². The monoisotopic (exact) mass is 200 g/mol. The molecule has 0 aromatic carbocycles. The highest BCUT2D eigenvalue weighted by atomic mass is 16.6. The van der Waals surface area contributed by atoms with Crippen LogP contribution in [0.15, 0.2) is 0 Å². The molecule has 14 heavy (non-hydrogen) atoms. The van der Waals surface area contributed by atoms with Crippen molar-refractivity contribution in [2.45, 2.75) is 46.5 Å². The number of carboxylic acid groups (broad SMARTS) is 2. The third-order valence-corrected chi connectivity index (χ3v) is 4.67. The van der Waals surface area contributed by atoms with Crippen molar-refractivity contribution in [1.29, 1.82) is 0 Å². The summed E-state index contributed by atoms with van der Waals surface area (Å²) in [5.41, 5.74) is 1.37. The highest BCUT2D eigenvalue weighted by molar-refractivity contribution is 5.53. The summed E-state index contributed by atoms with van der Waals surface area (Å²) in [7, 11) is 0. The topological polar surface area (TPSA) is 57.5 Å². The number of rotatable bonds is 0. The van der Waals surface area contributed by atoms with Crippen LogP contribution in [0.3, 0.4) is 0 Å². The van der Waals surface area contributed by atoms with Gasteiger partial charge in [-0.3, -0.25) is 0 Å². The van der Waals surface area contributed by atoms with Crippen LogP contribution in [0.2, 0.25) is 0 Å². The van der Waals surface area contributed by atoms with Crippen LogP contribution in [-0.4, -0.2) is 16.4 Å². The smallest absolute Gasteiger partial charge is 0.450 e. The van der Waals surface area contributed by atoms with E-state index < -0.39 is 6.16 Å². The van der Waals surface area contributed by atoms with Crippen LogP contribution in [0, 0.1) is 16.7 Å². The molecule has 2 aliphatic rings. The fourth-order valence-electron chi connectivity index (χ4n) is 3.11. The normalized spacial score (nSPS) is 37.5. The minimum atomic E-state index is -1.83. The van der Waals surface area contributed by atoms with E-state index in [0.717, 1.165) is 5.92 Å². The van der Waals surface area contributed by atoms with E-state index >= 15 is 0 Å². The summed E-state index contributed by atoms with van der Waals surface area (Å²) in [6.07, 6.45) is 4.16. The Kier molecular flexibility index (Phi) is 2.79. The van der Waals surface area contributed by atoms with E-state index in [2.05, 4.69) is 20.8 Å². The molecule has 0 aromatic rings. The first-order valence-corrected chi connectivity index (χ1v) is 5.21. The fraction of sp³-hybridized carbons (Fsp3) is 0.909. The van der Waals surface area contributed by atoms with E-state index in [1.165, 1.54) is 25.7 Å². The van der Waals surface area contributed by atoms with Crippen molar-refractivity contribution >= 4 is 6.16 Å². The Morgan fingerprint density at radius 1 is 1.14 bits per heavy atom. The standard InChI is InChI=1S/C10H18.CH2O3/c1-9(2)8-4-6-10(9,3)7-5-8;2-1(3)4/h8H,4-7H2,1-3H3;(H2,2,3,4). The second-order valence-electron chi connectivity index (χ2n) is 5.34. The van der Waals surface area contributed by atoms with Gasteiger partial charge in [-0.1, -0.05) is 20.8 Å². The van der Waals surface area contributed by atoms with E-state index in [9.17, 15) is 0 Å². The molecule has 2 saturated carbocycles. The lowest BCUT2D eigenvalue weighted by molar-refractivity contribution is 0.137. The zero-order valence-electron chi connectivity index (χ0n) is 9.21. The third-order valence-electron chi connectivity index (χ3n) is 4.67. The third kappa shape index (κ3) is 1.72. The highest BCUT2D eigenvalue weighted by Crippen LogP contribution is 2.65. The first kappa shape index (κ1) is 11.3. The summed E-state index contributed by atoms with van der Waals surface area (Å²) in [6, 6.07) is 0. The molecule has 0 spiro atoms.